The van der Waals surface area contributed by atoms with Gasteiger partial charge in [-0.15, -0.1) is 0 Å². The van der Waals surface area contributed by atoms with E-state index >= 15 is 0 Å². The number of nitrogens with zero attached hydrogens (tertiary/aromatic N) is 3. The molecular formula is C12H16N4. The molecule has 2 rings (SSSR count). The van der Waals surface area contributed by atoms with Crippen molar-refractivity contribution < 1.29 is 0 Å². The lowest BCUT2D eigenvalue weighted by molar-refractivity contribution is 0.701. The van der Waals surface area contributed by atoms with E-state index in [-0.39, 0.29) is 0 Å². The highest BCUT2D eigenvalue weighted by Crippen LogP contribution is 2.20. The first-order valence-electron chi connectivity index (χ1n) is 5.32. The van der Waals surface area contributed by atoms with Crippen molar-refractivity contribution in [2.45, 2.75) is 13.5 Å². The summed E-state index contributed by atoms with van der Waals surface area (Å²) in [6, 6.07) is 5.88. The van der Waals surface area contributed by atoms with Crippen LogP contribution >= 0.6 is 0 Å². The van der Waals surface area contributed by atoms with Crippen molar-refractivity contribution in [2.75, 3.05) is 7.05 Å². The van der Waals surface area contributed by atoms with Gasteiger partial charge < -0.3 is 9.88 Å². The maximum absolute atomic E-state index is 4.61. The van der Waals surface area contributed by atoms with Crippen molar-refractivity contribution in [2.24, 2.45) is 7.05 Å². The van der Waals surface area contributed by atoms with Crippen LogP contribution in [0.3, 0.4) is 0 Å². The smallest absolute Gasteiger partial charge is 0.123 e. The summed E-state index contributed by atoms with van der Waals surface area (Å²) >= 11 is 0. The van der Waals surface area contributed by atoms with Crippen molar-refractivity contribution in [3.05, 3.63) is 35.9 Å². The van der Waals surface area contributed by atoms with Crippen LogP contribution in [0, 0.1) is 6.92 Å². The van der Waals surface area contributed by atoms with Gasteiger partial charge in [0.2, 0.25) is 0 Å². The van der Waals surface area contributed by atoms with Gasteiger partial charge in [0.15, 0.2) is 0 Å². The van der Waals surface area contributed by atoms with E-state index in [9.17, 15) is 0 Å². The molecule has 0 atom stereocenters. The van der Waals surface area contributed by atoms with Crippen LogP contribution < -0.4 is 5.32 Å². The van der Waals surface area contributed by atoms with E-state index in [1.807, 2.05) is 32.3 Å². The fraction of sp³-hybridized carbons (Fsp3) is 0.333. The highest BCUT2D eigenvalue weighted by Gasteiger charge is 2.12. The van der Waals surface area contributed by atoms with E-state index in [4.69, 9.17) is 0 Å². The van der Waals surface area contributed by atoms with Crippen LogP contribution in [0.1, 0.15) is 11.5 Å². The van der Waals surface area contributed by atoms with E-state index in [1.165, 1.54) is 0 Å². The Hall–Kier alpha value is -1.68. The Labute approximate surface area is 95.4 Å². The zero-order valence-electron chi connectivity index (χ0n) is 9.86. The second kappa shape index (κ2) is 4.45. The highest BCUT2D eigenvalue weighted by molar-refractivity contribution is 5.57. The Morgan fingerprint density at radius 2 is 2.19 bits per heavy atom. The van der Waals surface area contributed by atoms with Gasteiger partial charge in [0.1, 0.15) is 11.5 Å². The molecule has 0 aliphatic heterocycles. The summed E-state index contributed by atoms with van der Waals surface area (Å²) in [5, 5.41) is 3.11. The number of rotatable bonds is 3. The van der Waals surface area contributed by atoms with Crippen molar-refractivity contribution >= 4 is 0 Å². The Balaban J connectivity index is 2.46. The van der Waals surface area contributed by atoms with Crippen LogP contribution in [0.2, 0.25) is 0 Å². The number of pyridine rings is 1. The molecule has 0 fully saturated rings. The normalized spacial score (nSPS) is 10.7. The summed E-state index contributed by atoms with van der Waals surface area (Å²) in [5.74, 6) is 1.03. The van der Waals surface area contributed by atoms with Gasteiger partial charge >= 0.3 is 0 Å². The minimum atomic E-state index is 0.768. The molecule has 0 aromatic carbocycles. The highest BCUT2D eigenvalue weighted by atomic mass is 15.1. The summed E-state index contributed by atoms with van der Waals surface area (Å²) in [7, 11) is 3.95. The van der Waals surface area contributed by atoms with Gasteiger partial charge in [-0.1, -0.05) is 6.07 Å². The van der Waals surface area contributed by atoms with Gasteiger partial charge in [-0.3, -0.25) is 4.98 Å². The standard InChI is InChI=1S/C12H16N4/c1-9-12(10-6-4-5-7-14-10)15-11(8-13-2)16(9)3/h4-7,13H,8H2,1-3H3. The molecule has 2 aromatic rings. The summed E-state index contributed by atoms with van der Waals surface area (Å²) in [6.45, 7) is 2.83. The van der Waals surface area contributed by atoms with Crippen LogP contribution in [-0.2, 0) is 13.6 Å². The number of hydrogen-bond acceptors (Lipinski definition) is 3. The average molecular weight is 216 g/mol. The van der Waals surface area contributed by atoms with Crippen molar-refractivity contribution in [1.82, 2.24) is 19.9 Å². The largest absolute Gasteiger partial charge is 0.334 e. The second-order valence-electron chi connectivity index (χ2n) is 3.77. The fourth-order valence-electron chi connectivity index (χ4n) is 1.70. The van der Waals surface area contributed by atoms with E-state index in [1.54, 1.807) is 6.20 Å². The molecule has 16 heavy (non-hydrogen) atoms. The molecule has 1 N–H and O–H groups in total. The molecule has 0 aliphatic carbocycles. The molecule has 0 saturated carbocycles. The number of nitrogens with one attached hydrogen (secondary N) is 1. The van der Waals surface area contributed by atoms with E-state index in [0.29, 0.717) is 0 Å². The molecule has 0 radical (unpaired) electrons. The topological polar surface area (TPSA) is 42.7 Å². The van der Waals surface area contributed by atoms with Gasteiger partial charge in [-0.2, -0.15) is 0 Å². The molecule has 4 heteroatoms. The molecule has 0 saturated heterocycles. The van der Waals surface area contributed by atoms with Crippen molar-refractivity contribution in [3.63, 3.8) is 0 Å². The summed E-state index contributed by atoms with van der Waals surface area (Å²) in [6.07, 6.45) is 1.79. The summed E-state index contributed by atoms with van der Waals surface area (Å²) in [4.78, 5) is 8.94. The molecule has 2 aromatic heterocycles. The number of hydrogen-bond donors (Lipinski definition) is 1. The minimum Gasteiger partial charge on any atom is -0.334 e. The molecular weight excluding hydrogens is 200 g/mol. The molecule has 84 valence electrons. The van der Waals surface area contributed by atoms with Gasteiger partial charge in [-0.05, 0) is 26.1 Å². The third kappa shape index (κ3) is 1.84. The lowest BCUT2D eigenvalue weighted by Crippen LogP contribution is -2.10. The zero-order chi connectivity index (χ0) is 11.5. The predicted molar refractivity (Wildman–Crippen MR) is 63.9 cm³/mol. The fourth-order valence-corrected chi connectivity index (χ4v) is 1.70. The molecule has 4 nitrogen and oxygen atoms in total. The van der Waals surface area contributed by atoms with Crippen molar-refractivity contribution in [3.8, 4) is 11.4 Å². The maximum Gasteiger partial charge on any atom is 0.123 e. The summed E-state index contributed by atoms with van der Waals surface area (Å²) in [5.41, 5.74) is 3.04. The Kier molecular flexibility index (Phi) is 3.01. The van der Waals surface area contributed by atoms with Crippen LogP contribution in [0.5, 0.6) is 0 Å². The zero-order valence-corrected chi connectivity index (χ0v) is 9.86. The number of imidazole rings is 1. The van der Waals surface area contributed by atoms with Gasteiger partial charge in [0.05, 0.1) is 12.2 Å². The summed E-state index contributed by atoms with van der Waals surface area (Å²) < 4.78 is 2.10. The lowest BCUT2D eigenvalue weighted by atomic mass is 10.2. The average Bonchev–Trinajstić information content (AvgIpc) is 2.59. The van der Waals surface area contributed by atoms with Crippen molar-refractivity contribution in [1.29, 1.82) is 0 Å². The maximum atomic E-state index is 4.61. The molecule has 0 unspecified atom stereocenters. The SMILES string of the molecule is CNCc1nc(-c2ccccn2)c(C)n1C. The van der Waals surface area contributed by atoms with E-state index < -0.39 is 0 Å². The first-order valence-corrected chi connectivity index (χ1v) is 5.32. The van der Waals surface area contributed by atoms with Crippen LogP contribution in [-0.4, -0.2) is 21.6 Å². The van der Waals surface area contributed by atoms with Gasteiger partial charge in [-0.25, -0.2) is 4.98 Å². The first kappa shape index (κ1) is 10.8. The van der Waals surface area contributed by atoms with Gasteiger partial charge in [0.25, 0.3) is 0 Å². The Bertz CT molecular complexity index is 473. The van der Waals surface area contributed by atoms with Crippen LogP contribution in [0.4, 0.5) is 0 Å². The molecule has 0 aliphatic rings. The third-order valence-electron chi connectivity index (χ3n) is 2.72. The predicted octanol–water partition coefficient (Wildman–Crippen LogP) is 1.51. The number of aromatic nitrogens is 3. The monoisotopic (exact) mass is 216 g/mol. The first-order chi connectivity index (χ1) is 7.74. The van der Waals surface area contributed by atoms with Gasteiger partial charge in [0, 0.05) is 18.9 Å². The van der Waals surface area contributed by atoms with Crippen LogP contribution in [0.25, 0.3) is 11.4 Å². The van der Waals surface area contributed by atoms with E-state index in [0.717, 1.165) is 29.5 Å². The minimum absolute atomic E-state index is 0.768. The third-order valence-corrected chi connectivity index (χ3v) is 2.72. The molecule has 0 bridgehead atoms. The second-order valence-corrected chi connectivity index (χ2v) is 3.77. The van der Waals surface area contributed by atoms with Crippen LogP contribution in [0.15, 0.2) is 24.4 Å². The molecule has 2 heterocycles. The molecule has 0 amide bonds. The molecule has 0 spiro atoms. The Morgan fingerprint density at radius 1 is 1.38 bits per heavy atom. The lowest BCUT2D eigenvalue weighted by Gasteiger charge is -2.01. The Morgan fingerprint density at radius 3 is 2.81 bits per heavy atom. The van der Waals surface area contributed by atoms with E-state index in [2.05, 4.69) is 26.8 Å². The quantitative estimate of drug-likeness (QED) is 0.845.